The molecule has 1 N–H and O–H groups in total. The first-order valence-corrected chi connectivity index (χ1v) is 8.57. The first-order valence-electron chi connectivity index (χ1n) is 8.57. The number of likely N-dealkylation sites (tertiary alicyclic amines) is 1. The van der Waals surface area contributed by atoms with Gasteiger partial charge in [-0.2, -0.15) is 13.2 Å². The molecular weight excluding hydrogens is 395 g/mol. The number of halogens is 3. The van der Waals surface area contributed by atoms with Crippen molar-refractivity contribution in [2.45, 2.75) is 31.1 Å². The molecule has 0 radical (unpaired) electrons. The van der Waals surface area contributed by atoms with Crippen molar-refractivity contribution in [1.29, 1.82) is 0 Å². The summed E-state index contributed by atoms with van der Waals surface area (Å²) in [6.07, 6.45) is 0.909. The molecule has 2 aromatic rings. The quantitative estimate of drug-likeness (QED) is 0.814. The minimum atomic E-state index is -5.08. The maximum Gasteiger partial charge on any atom is 0.490 e. The standard InChI is InChI=1S/C16H15N3O3.C2HF3O2/c20-15-9-13-12(19(15)11-3-1-6-17-10-11)5-7-18(13)16(21)14-4-2-8-22-14;3-2(4,5)1(6)7/h1-4,6,8,10,12-13H,5,7,9H2;(H,6,7)/t12-,13+;/m0./s1. The number of hydrogen-bond acceptors (Lipinski definition) is 5. The van der Waals surface area contributed by atoms with Crippen LogP contribution >= 0.6 is 0 Å². The predicted molar refractivity (Wildman–Crippen MR) is 92.0 cm³/mol. The highest BCUT2D eigenvalue weighted by Gasteiger charge is 2.49. The summed E-state index contributed by atoms with van der Waals surface area (Å²) in [6.45, 7) is 0.638. The van der Waals surface area contributed by atoms with Gasteiger partial charge < -0.3 is 19.3 Å². The molecule has 2 fully saturated rings. The molecule has 154 valence electrons. The van der Waals surface area contributed by atoms with Crippen LogP contribution in [0.15, 0.2) is 47.3 Å². The SMILES string of the molecule is O=C(O)C(F)(F)F.O=C(c1ccco1)N1CC[C@H]2[C@H]1CC(=O)N2c1cccnc1. The van der Waals surface area contributed by atoms with Gasteiger partial charge in [0.05, 0.1) is 30.2 Å². The van der Waals surface area contributed by atoms with E-state index in [1.807, 2.05) is 12.1 Å². The second kappa shape index (κ2) is 7.94. The number of alkyl halides is 3. The number of pyridine rings is 1. The highest BCUT2D eigenvalue weighted by atomic mass is 19.4. The lowest BCUT2D eigenvalue weighted by atomic mass is 10.1. The number of amides is 2. The van der Waals surface area contributed by atoms with E-state index in [0.29, 0.717) is 18.7 Å². The van der Waals surface area contributed by atoms with Crippen molar-refractivity contribution in [3.63, 3.8) is 0 Å². The van der Waals surface area contributed by atoms with Gasteiger partial charge in [-0.05, 0) is 30.7 Å². The summed E-state index contributed by atoms with van der Waals surface area (Å²) in [5.41, 5.74) is 0.798. The van der Waals surface area contributed by atoms with Crippen molar-refractivity contribution >= 4 is 23.5 Å². The number of aromatic nitrogens is 1. The van der Waals surface area contributed by atoms with Crippen molar-refractivity contribution < 1.29 is 37.1 Å². The average molecular weight is 411 g/mol. The number of furan rings is 1. The van der Waals surface area contributed by atoms with E-state index in [-0.39, 0.29) is 23.9 Å². The van der Waals surface area contributed by atoms with Crippen LogP contribution in [0.2, 0.25) is 0 Å². The highest BCUT2D eigenvalue weighted by molar-refractivity contribution is 5.99. The minimum absolute atomic E-state index is 0.0237. The van der Waals surface area contributed by atoms with Crippen LogP contribution in [0.25, 0.3) is 0 Å². The molecule has 4 rings (SSSR count). The second-order valence-corrected chi connectivity index (χ2v) is 6.38. The van der Waals surface area contributed by atoms with Crippen LogP contribution in [-0.4, -0.2) is 57.6 Å². The third-order valence-electron chi connectivity index (χ3n) is 4.65. The van der Waals surface area contributed by atoms with Crippen molar-refractivity contribution in [2.24, 2.45) is 0 Å². The summed E-state index contributed by atoms with van der Waals surface area (Å²) in [6, 6.07) is 6.98. The number of carboxylic acids is 1. The Balaban J connectivity index is 0.000000298. The van der Waals surface area contributed by atoms with Crippen molar-refractivity contribution in [1.82, 2.24) is 9.88 Å². The van der Waals surface area contributed by atoms with Gasteiger partial charge in [0.1, 0.15) is 0 Å². The number of fused-ring (bicyclic) bond motifs is 1. The monoisotopic (exact) mass is 411 g/mol. The van der Waals surface area contributed by atoms with E-state index >= 15 is 0 Å². The third kappa shape index (κ3) is 4.23. The van der Waals surface area contributed by atoms with Gasteiger partial charge >= 0.3 is 12.1 Å². The number of nitrogens with zero attached hydrogens (tertiary/aromatic N) is 3. The van der Waals surface area contributed by atoms with Gasteiger partial charge in [0.2, 0.25) is 5.91 Å². The Morgan fingerprint density at radius 1 is 1.21 bits per heavy atom. The normalized spacial score (nSPS) is 20.9. The van der Waals surface area contributed by atoms with Crippen LogP contribution in [0.3, 0.4) is 0 Å². The van der Waals surface area contributed by atoms with E-state index < -0.39 is 12.1 Å². The number of aliphatic carboxylic acids is 1. The number of hydrogen-bond donors (Lipinski definition) is 1. The Hall–Kier alpha value is -3.37. The second-order valence-electron chi connectivity index (χ2n) is 6.38. The van der Waals surface area contributed by atoms with Gasteiger partial charge in [-0.1, -0.05) is 0 Å². The molecule has 4 heterocycles. The first kappa shape index (κ1) is 20.4. The fraction of sp³-hybridized carbons (Fsp3) is 0.333. The maximum absolute atomic E-state index is 12.5. The minimum Gasteiger partial charge on any atom is -0.475 e. The lowest BCUT2D eigenvalue weighted by Gasteiger charge is -2.24. The molecule has 0 spiro atoms. The summed E-state index contributed by atoms with van der Waals surface area (Å²) >= 11 is 0. The first-order chi connectivity index (χ1) is 13.7. The zero-order valence-electron chi connectivity index (χ0n) is 14.9. The van der Waals surface area contributed by atoms with E-state index in [1.165, 1.54) is 6.26 Å². The molecule has 11 heteroatoms. The predicted octanol–water partition coefficient (Wildman–Crippen LogP) is 2.33. The number of anilines is 1. The fourth-order valence-corrected chi connectivity index (χ4v) is 3.47. The zero-order chi connectivity index (χ0) is 21.2. The Morgan fingerprint density at radius 2 is 1.93 bits per heavy atom. The topological polar surface area (TPSA) is 104 Å². The summed E-state index contributed by atoms with van der Waals surface area (Å²) in [5.74, 6) is -2.53. The summed E-state index contributed by atoms with van der Waals surface area (Å²) in [5, 5.41) is 7.12. The Bertz CT molecular complexity index is 886. The van der Waals surface area contributed by atoms with Crippen LogP contribution in [0.5, 0.6) is 0 Å². The molecule has 0 unspecified atom stereocenters. The largest absolute Gasteiger partial charge is 0.490 e. The van der Waals surface area contributed by atoms with Crippen LogP contribution in [0.1, 0.15) is 23.4 Å². The number of carboxylic acid groups (broad SMARTS) is 1. The third-order valence-corrected chi connectivity index (χ3v) is 4.65. The molecule has 0 aromatic carbocycles. The molecule has 2 saturated heterocycles. The van der Waals surface area contributed by atoms with Gasteiger partial charge in [0.25, 0.3) is 5.91 Å². The van der Waals surface area contributed by atoms with Gasteiger partial charge in [-0.15, -0.1) is 0 Å². The number of carbonyl (C=O) groups excluding carboxylic acids is 2. The van der Waals surface area contributed by atoms with Crippen LogP contribution in [0, 0.1) is 0 Å². The van der Waals surface area contributed by atoms with E-state index in [4.69, 9.17) is 14.3 Å². The van der Waals surface area contributed by atoms with E-state index in [2.05, 4.69) is 4.98 Å². The van der Waals surface area contributed by atoms with Crippen LogP contribution in [-0.2, 0) is 9.59 Å². The van der Waals surface area contributed by atoms with Crippen molar-refractivity contribution in [3.8, 4) is 0 Å². The zero-order valence-corrected chi connectivity index (χ0v) is 14.9. The lowest BCUT2D eigenvalue weighted by Crippen LogP contribution is -2.39. The van der Waals surface area contributed by atoms with Crippen molar-refractivity contribution in [2.75, 3.05) is 11.4 Å². The Labute approximate surface area is 162 Å². The molecule has 2 aliphatic heterocycles. The molecule has 2 atom stereocenters. The van der Waals surface area contributed by atoms with Gasteiger partial charge in [-0.25, -0.2) is 4.79 Å². The highest BCUT2D eigenvalue weighted by Crippen LogP contribution is 2.36. The van der Waals surface area contributed by atoms with Crippen molar-refractivity contribution in [3.05, 3.63) is 48.7 Å². The molecule has 8 nitrogen and oxygen atoms in total. The van der Waals surface area contributed by atoms with Gasteiger partial charge in [0, 0.05) is 19.2 Å². The van der Waals surface area contributed by atoms with Gasteiger partial charge in [0.15, 0.2) is 5.76 Å². The fourth-order valence-electron chi connectivity index (χ4n) is 3.47. The average Bonchev–Trinajstić information content (AvgIpc) is 3.38. The van der Waals surface area contributed by atoms with Crippen LogP contribution in [0.4, 0.5) is 18.9 Å². The number of rotatable bonds is 2. The Kier molecular flexibility index (Phi) is 5.57. The maximum atomic E-state index is 12.5. The molecule has 2 aromatic heterocycles. The van der Waals surface area contributed by atoms with Gasteiger partial charge in [-0.3, -0.25) is 14.6 Å². The van der Waals surface area contributed by atoms with E-state index in [9.17, 15) is 22.8 Å². The molecule has 29 heavy (non-hydrogen) atoms. The molecule has 2 aliphatic rings. The molecule has 0 aliphatic carbocycles. The smallest absolute Gasteiger partial charge is 0.475 e. The summed E-state index contributed by atoms with van der Waals surface area (Å²) in [4.78, 5) is 41.4. The number of carbonyl (C=O) groups is 3. The molecule has 0 saturated carbocycles. The Morgan fingerprint density at radius 3 is 2.48 bits per heavy atom. The summed E-state index contributed by atoms with van der Waals surface area (Å²) in [7, 11) is 0. The van der Waals surface area contributed by atoms with E-state index in [1.54, 1.807) is 34.3 Å². The van der Waals surface area contributed by atoms with Crippen LogP contribution < -0.4 is 4.90 Å². The molecule has 0 bridgehead atoms. The molecular formula is C18H16F3N3O5. The van der Waals surface area contributed by atoms with E-state index in [0.717, 1.165) is 12.1 Å². The summed E-state index contributed by atoms with van der Waals surface area (Å²) < 4.78 is 36.9. The molecule has 2 amide bonds. The lowest BCUT2D eigenvalue weighted by molar-refractivity contribution is -0.192.